The topological polar surface area (TPSA) is 75.6 Å². The fourth-order valence-electron chi connectivity index (χ4n) is 1.56. The maximum absolute atomic E-state index is 11.9. The van der Waals surface area contributed by atoms with E-state index in [0.29, 0.717) is 5.75 Å². The molecule has 3 unspecified atom stereocenters. The second-order valence-electron chi connectivity index (χ2n) is 5.00. The number of rotatable bonds is 6. The number of benzene rings is 1. The molecule has 5 nitrogen and oxygen atoms in total. The highest BCUT2D eigenvalue weighted by molar-refractivity contribution is 5.82. The Labute approximate surface area is 118 Å². The molecule has 1 amide bonds. The Hall–Kier alpha value is -2.04. The summed E-state index contributed by atoms with van der Waals surface area (Å²) in [6.07, 6.45) is -0.679. The number of amides is 1. The lowest BCUT2D eigenvalue weighted by Gasteiger charge is -2.21. The van der Waals surface area contributed by atoms with E-state index in [1.54, 1.807) is 32.9 Å². The molecule has 0 bridgehead atoms. The predicted molar refractivity (Wildman–Crippen MR) is 75.7 cm³/mol. The summed E-state index contributed by atoms with van der Waals surface area (Å²) in [5.74, 6) is -1.31. The van der Waals surface area contributed by atoms with Crippen LogP contribution in [-0.4, -0.2) is 29.1 Å². The van der Waals surface area contributed by atoms with Crippen LogP contribution < -0.4 is 10.1 Å². The maximum atomic E-state index is 11.9. The standard InChI is InChI=1S/C15H21NO4/c1-9-5-7-13(8-6-9)20-12(4)14(17)16-11(3)10(2)15(18)19/h5-8,10-12H,1-4H3,(H,16,17)(H,18,19). The van der Waals surface area contributed by atoms with Crippen LogP contribution in [0.15, 0.2) is 24.3 Å². The van der Waals surface area contributed by atoms with E-state index in [1.165, 1.54) is 0 Å². The van der Waals surface area contributed by atoms with Gasteiger partial charge in [-0.2, -0.15) is 0 Å². The van der Waals surface area contributed by atoms with Crippen LogP contribution in [0.4, 0.5) is 0 Å². The van der Waals surface area contributed by atoms with E-state index in [2.05, 4.69) is 5.32 Å². The van der Waals surface area contributed by atoms with Crippen molar-refractivity contribution in [2.45, 2.75) is 39.8 Å². The zero-order valence-corrected chi connectivity index (χ0v) is 12.2. The van der Waals surface area contributed by atoms with E-state index in [4.69, 9.17) is 9.84 Å². The van der Waals surface area contributed by atoms with E-state index in [0.717, 1.165) is 5.56 Å². The Morgan fingerprint density at radius 1 is 1.15 bits per heavy atom. The Morgan fingerprint density at radius 3 is 2.20 bits per heavy atom. The van der Waals surface area contributed by atoms with Crippen LogP contribution in [-0.2, 0) is 9.59 Å². The third kappa shape index (κ3) is 4.57. The number of carboxylic acid groups (broad SMARTS) is 1. The van der Waals surface area contributed by atoms with Crippen LogP contribution in [0, 0.1) is 12.8 Å². The predicted octanol–water partition coefficient (Wildman–Crippen LogP) is 1.99. The van der Waals surface area contributed by atoms with Gasteiger partial charge in [0.2, 0.25) is 0 Å². The SMILES string of the molecule is Cc1ccc(OC(C)C(=O)NC(C)C(C)C(=O)O)cc1. The highest BCUT2D eigenvalue weighted by atomic mass is 16.5. The van der Waals surface area contributed by atoms with Gasteiger partial charge in [0.05, 0.1) is 5.92 Å². The molecule has 20 heavy (non-hydrogen) atoms. The summed E-state index contributed by atoms with van der Waals surface area (Å²) in [6.45, 7) is 6.82. The summed E-state index contributed by atoms with van der Waals surface area (Å²) in [7, 11) is 0. The minimum absolute atomic E-state index is 0.328. The van der Waals surface area contributed by atoms with Gasteiger partial charge in [0.1, 0.15) is 5.75 Å². The lowest BCUT2D eigenvalue weighted by atomic mass is 10.0. The molecular weight excluding hydrogens is 258 g/mol. The fourth-order valence-corrected chi connectivity index (χ4v) is 1.56. The first-order valence-electron chi connectivity index (χ1n) is 6.57. The second kappa shape index (κ2) is 6.93. The van der Waals surface area contributed by atoms with Crippen molar-refractivity contribution in [3.05, 3.63) is 29.8 Å². The third-order valence-corrected chi connectivity index (χ3v) is 3.21. The molecule has 3 atom stereocenters. The van der Waals surface area contributed by atoms with Crippen molar-refractivity contribution in [1.29, 1.82) is 0 Å². The zero-order valence-electron chi connectivity index (χ0n) is 12.2. The van der Waals surface area contributed by atoms with E-state index < -0.39 is 24.0 Å². The van der Waals surface area contributed by atoms with Crippen molar-refractivity contribution < 1.29 is 19.4 Å². The van der Waals surface area contributed by atoms with Crippen molar-refractivity contribution in [2.24, 2.45) is 5.92 Å². The molecule has 0 heterocycles. The first-order chi connectivity index (χ1) is 9.31. The number of carbonyl (C=O) groups is 2. The number of hydrogen-bond donors (Lipinski definition) is 2. The van der Waals surface area contributed by atoms with Crippen molar-refractivity contribution in [3.8, 4) is 5.75 Å². The number of aliphatic carboxylic acids is 1. The minimum atomic E-state index is -0.940. The van der Waals surface area contributed by atoms with Crippen LogP contribution >= 0.6 is 0 Å². The Kier molecular flexibility index (Phi) is 5.55. The number of nitrogens with one attached hydrogen (secondary N) is 1. The number of ether oxygens (including phenoxy) is 1. The quantitative estimate of drug-likeness (QED) is 0.835. The average molecular weight is 279 g/mol. The molecule has 0 radical (unpaired) electrons. The summed E-state index contributed by atoms with van der Waals surface area (Å²) in [5.41, 5.74) is 1.11. The van der Waals surface area contributed by atoms with Gasteiger partial charge in [-0.3, -0.25) is 9.59 Å². The van der Waals surface area contributed by atoms with E-state index in [1.807, 2.05) is 19.1 Å². The number of carbonyl (C=O) groups excluding carboxylic acids is 1. The summed E-state index contributed by atoms with van der Waals surface area (Å²) in [4.78, 5) is 22.8. The third-order valence-electron chi connectivity index (χ3n) is 3.21. The summed E-state index contributed by atoms with van der Waals surface area (Å²) in [5, 5.41) is 11.5. The molecule has 1 rings (SSSR count). The molecule has 0 saturated carbocycles. The first-order valence-corrected chi connectivity index (χ1v) is 6.57. The first kappa shape index (κ1) is 16.0. The largest absolute Gasteiger partial charge is 0.481 e. The normalized spacial score (nSPS) is 15.0. The van der Waals surface area contributed by atoms with Gasteiger partial charge in [-0.1, -0.05) is 17.7 Å². The fraction of sp³-hybridized carbons (Fsp3) is 0.467. The minimum Gasteiger partial charge on any atom is -0.481 e. The van der Waals surface area contributed by atoms with Gasteiger partial charge < -0.3 is 15.2 Å². The number of aryl methyl sites for hydroxylation is 1. The highest BCUT2D eigenvalue weighted by Gasteiger charge is 2.23. The van der Waals surface area contributed by atoms with E-state index in [-0.39, 0.29) is 5.91 Å². The molecule has 0 aliphatic carbocycles. The van der Waals surface area contributed by atoms with Gasteiger partial charge in [0.25, 0.3) is 5.91 Å². The van der Waals surface area contributed by atoms with Crippen molar-refractivity contribution in [3.63, 3.8) is 0 Å². The molecule has 0 saturated heterocycles. The molecule has 0 fully saturated rings. The van der Waals surface area contributed by atoms with Gasteiger partial charge in [-0.05, 0) is 39.8 Å². The molecule has 1 aromatic rings. The lowest BCUT2D eigenvalue weighted by molar-refractivity contribution is -0.142. The lowest BCUT2D eigenvalue weighted by Crippen LogP contribution is -2.45. The summed E-state index contributed by atoms with van der Waals surface area (Å²) < 4.78 is 5.51. The van der Waals surface area contributed by atoms with Crippen molar-refractivity contribution in [2.75, 3.05) is 0 Å². The molecule has 110 valence electrons. The maximum Gasteiger partial charge on any atom is 0.308 e. The molecule has 0 aromatic heterocycles. The van der Waals surface area contributed by atoms with Crippen LogP contribution in [0.25, 0.3) is 0 Å². The van der Waals surface area contributed by atoms with E-state index >= 15 is 0 Å². The van der Waals surface area contributed by atoms with Crippen molar-refractivity contribution >= 4 is 11.9 Å². The smallest absolute Gasteiger partial charge is 0.308 e. The highest BCUT2D eigenvalue weighted by Crippen LogP contribution is 2.13. The zero-order chi connectivity index (χ0) is 15.3. The Bertz CT molecular complexity index is 469. The van der Waals surface area contributed by atoms with Gasteiger partial charge in [0.15, 0.2) is 6.10 Å². The number of carboxylic acids is 1. The Balaban J connectivity index is 2.54. The van der Waals surface area contributed by atoms with Gasteiger partial charge in [-0.15, -0.1) is 0 Å². The number of hydrogen-bond acceptors (Lipinski definition) is 3. The molecule has 0 aliphatic heterocycles. The molecule has 2 N–H and O–H groups in total. The van der Waals surface area contributed by atoms with Gasteiger partial charge in [0, 0.05) is 6.04 Å². The van der Waals surface area contributed by atoms with Crippen molar-refractivity contribution in [1.82, 2.24) is 5.32 Å². The summed E-state index contributed by atoms with van der Waals surface area (Å²) in [6, 6.07) is 6.93. The van der Waals surface area contributed by atoms with Gasteiger partial charge in [-0.25, -0.2) is 0 Å². The van der Waals surface area contributed by atoms with Crippen LogP contribution in [0.3, 0.4) is 0 Å². The average Bonchev–Trinajstić information content (AvgIpc) is 2.40. The van der Waals surface area contributed by atoms with E-state index in [9.17, 15) is 9.59 Å². The van der Waals surface area contributed by atoms with Crippen LogP contribution in [0.5, 0.6) is 5.75 Å². The van der Waals surface area contributed by atoms with Crippen LogP contribution in [0.2, 0.25) is 0 Å². The molecule has 0 aliphatic rings. The van der Waals surface area contributed by atoms with Gasteiger partial charge >= 0.3 is 5.97 Å². The molecule has 5 heteroatoms. The second-order valence-corrected chi connectivity index (χ2v) is 5.00. The van der Waals surface area contributed by atoms with Crippen LogP contribution in [0.1, 0.15) is 26.3 Å². The summed E-state index contributed by atoms with van der Waals surface area (Å²) >= 11 is 0. The monoisotopic (exact) mass is 279 g/mol. The molecule has 0 spiro atoms. The Morgan fingerprint density at radius 2 is 1.70 bits per heavy atom. The molecular formula is C15H21NO4. The molecule has 1 aromatic carbocycles.